The molecule has 6 heterocycles. The molecule has 548 valence electrons. The molecule has 0 unspecified atom stereocenters. The highest BCUT2D eigenvalue weighted by Gasteiger charge is 2.73. The Hall–Kier alpha value is -2.73. The molecule has 32 nitrogen and oxygen atoms in total. The molecule has 0 aromatic heterocycles. The molecule has 32 heteroatoms. The van der Waals surface area contributed by atoms with Crippen LogP contribution in [-0.4, -0.2) is 304 Å². The second kappa shape index (κ2) is 27.5. The van der Waals surface area contributed by atoms with Crippen LogP contribution < -0.4 is 5.11 Å². The van der Waals surface area contributed by atoms with Gasteiger partial charge < -0.3 is 153 Å². The second-order valence-corrected chi connectivity index (χ2v) is 30.7. The first-order valence-corrected chi connectivity index (χ1v) is 33.5. The van der Waals surface area contributed by atoms with E-state index in [1.807, 2.05) is 0 Å². The molecule has 10 fully saturated rings. The van der Waals surface area contributed by atoms with E-state index in [4.69, 9.17) is 56.8 Å². The fourth-order valence-electron chi connectivity index (χ4n) is 18.7. The Labute approximate surface area is 553 Å². The van der Waals surface area contributed by atoms with E-state index in [1.165, 1.54) is 13.8 Å². The summed E-state index contributed by atoms with van der Waals surface area (Å²) in [7, 11) is 0. The number of hydrogen-bond donors (Lipinski definition) is 16. The van der Waals surface area contributed by atoms with Gasteiger partial charge in [0.2, 0.25) is 6.29 Å². The summed E-state index contributed by atoms with van der Waals surface area (Å²) in [5.41, 5.74) is -4.66. The molecule has 11 rings (SSSR count). The number of carboxylic acid groups (broad SMARTS) is 1. The zero-order valence-electron chi connectivity index (χ0n) is 54.9. The lowest BCUT2D eigenvalue weighted by Crippen LogP contribution is -2.70. The number of hydrogen-bond acceptors (Lipinski definition) is 32. The van der Waals surface area contributed by atoms with Crippen molar-refractivity contribution in [1.29, 1.82) is 0 Å². The zero-order chi connectivity index (χ0) is 70.2. The smallest absolute Gasteiger partial charge is 0.317 e. The van der Waals surface area contributed by atoms with E-state index in [2.05, 4.69) is 40.7 Å². The number of carbonyl (C=O) groups is 3. The van der Waals surface area contributed by atoms with Crippen LogP contribution in [0, 0.1) is 50.2 Å². The summed E-state index contributed by atoms with van der Waals surface area (Å²) in [5, 5.41) is 189. The maximum absolute atomic E-state index is 15.6. The Balaban J connectivity index is 0.855. The molecule has 5 aliphatic carbocycles. The Morgan fingerprint density at radius 3 is 1.73 bits per heavy atom. The van der Waals surface area contributed by atoms with Gasteiger partial charge in [-0.25, -0.2) is 0 Å². The number of aldehydes is 1. The number of allylic oxidation sites excluding steroid dienone is 2. The van der Waals surface area contributed by atoms with Crippen molar-refractivity contribution in [3.63, 3.8) is 0 Å². The largest absolute Gasteiger partial charge is 0.547 e. The fourth-order valence-corrected chi connectivity index (χ4v) is 18.7. The average molecular weight is 1380 g/mol. The molecule has 96 heavy (non-hydrogen) atoms. The van der Waals surface area contributed by atoms with Crippen molar-refractivity contribution in [3.8, 4) is 0 Å². The predicted octanol–water partition coefficient (Wildman–Crippen LogP) is -6.15. The van der Waals surface area contributed by atoms with Gasteiger partial charge >= 0.3 is 5.97 Å². The summed E-state index contributed by atoms with van der Waals surface area (Å²) in [4.78, 5) is 42.6. The van der Waals surface area contributed by atoms with Crippen LogP contribution in [0.3, 0.4) is 0 Å². The molecular weight excluding hydrogens is 1280 g/mol. The van der Waals surface area contributed by atoms with E-state index in [-0.39, 0.29) is 30.6 Å². The molecule has 0 aromatic rings. The lowest BCUT2D eigenvalue weighted by molar-refractivity contribution is -0.401. The predicted molar refractivity (Wildman–Crippen MR) is 313 cm³/mol. The quantitative estimate of drug-likeness (QED) is 0.0314. The van der Waals surface area contributed by atoms with Crippen LogP contribution >= 0.6 is 0 Å². The molecule has 6 saturated heterocycles. The monoisotopic (exact) mass is 1380 g/mol. The third-order valence-electron chi connectivity index (χ3n) is 24.7. The van der Waals surface area contributed by atoms with Gasteiger partial charge in [0.1, 0.15) is 128 Å². The Morgan fingerprint density at radius 2 is 1.11 bits per heavy atom. The molecule has 0 aromatic carbocycles. The van der Waals surface area contributed by atoms with Crippen molar-refractivity contribution >= 4 is 18.2 Å². The number of aliphatic hydroxyl groups excluding tert-OH is 16. The first-order chi connectivity index (χ1) is 44.9. The van der Waals surface area contributed by atoms with Crippen molar-refractivity contribution in [1.82, 2.24) is 0 Å². The minimum atomic E-state index is -2.29. The van der Waals surface area contributed by atoms with Gasteiger partial charge in [-0.2, -0.15) is 0 Å². The van der Waals surface area contributed by atoms with Crippen molar-refractivity contribution < 1.29 is 158 Å². The summed E-state index contributed by atoms with van der Waals surface area (Å²) in [5.74, 6) is -4.20. The molecule has 6 aliphatic heterocycles. The number of aliphatic carboxylic acids is 1. The topological polar surface area (TPSA) is 509 Å². The minimum absolute atomic E-state index is 0.0636. The van der Waals surface area contributed by atoms with Crippen molar-refractivity contribution in [2.75, 3.05) is 19.8 Å². The normalized spacial score (nSPS) is 55.0. The van der Waals surface area contributed by atoms with Crippen LogP contribution in [0.5, 0.6) is 0 Å². The Kier molecular flexibility index (Phi) is 21.3. The molecule has 4 saturated carbocycles. The SMILES string of the molecule is C[C@@H]1O[C@@H](O[C@H]2[C@H](OC(=O)[C@]34CCC(C)(C)C[C@H]3C3=CC[C@@H]5[C@@]6(C)CC[C@H](O[C@@H]7O[C@H](C(=O)[O-])[C@@H](O)[C@H](O[C@@H]8OC[C@@H](O)[C@H](O)[C@H]8O)[C@H]7O[C@@H]7O[C@H](CO)[C@H](O)[C@H](O)[C@H]7O)[C@@](C)(C=O)[C@@H]6CC[C@@]5(C)[C@]3(C)C[C@H]4O)O[C@H](C)[C@H](O)[C@@H]2O)[C@H](O)[C@H](O)[C@H]1O[C@@H]1OC[C@@H](O)[C@H](O)[C@H]1O. The molecule has 11 aliphatic rings. The van der Waals surface area contributed by atoms with E-state index < -0.39 is 255 Å². The third-order valence-corrected chi connectivity index (χ3v) is 24.7. The summed E-state index contributed by atoms with van der Waals surface area (Å²) in [6.45, 7) is 13.2. The highest BCUT2D eigenvalue weighted by Crippen LogP contribution is 2.76. The highest BCUT2D eigenvalue weighted by atomic mass is 16.8. The first kappa shape index (κ1) is 74.5. The summed E-state index contributed by atoms with van der Waals surface area (Å²) in [6, 6.07) is 0. The summed E-state index contributed by atoms with van der Waals surface area (Å²) < 4.78 is 71.6. The van der Waals surface area contributed by atoms with Gasteiger partial charge in [-0.15, -0.1) is 0 Å². The van der Waals surface area contributed by atoms with Gasteiger partial charge in [0.15, 0.2) is 37.6 Å². The number of aliphatic hydroxyl groups is 16. The maximum atomic E-state index is 15.6. The lowest BCUT2D eigenvalue weighted by Gasteiger charge is -2.71. The van der Waals surface area contributed by atoms with Crippen LogP contribution in [0.1, 0.15) is 113 Å². The van der Waals surface area contributed by atoms with Gasteiger partial charge in [-0.3, -0.25) is 4.79 Å². The molecule has 0 bridgehead atoms. The number of rotatable bonds is 15. The first-order valence-electron chi connectivity index (χ1n) is 33.5. The van der Waals surface area contributed by atoms with Crippen LogP contribution in [-0.2, 0) is 71.2 Å². The fraction of sp³-hybridized carbons (Fsp3) is 0.922. The Morgan fingerprint density at radius 1 is 0.552 bits per heavy atom. The molecular formula is C64H99O32-. The third kappa shape index (κ3) is 12.4. The molecule has 0 radical (unpaired) electrons. The van der Waals surface area contributed by atoms with Gasteiger partial charge in [-0.1, -0.05) is 53.2 Å². The standard InChI is InChI=1S/C64H100O32/c1-23-34(70)39(75)49(94-54-44(80)40(76)46(24(2)88-54)91-52-41(77)35(71)27(67)20-85-52)56(87-23)96-58(84)64-16-15-59(3,4)17-26(64)25-9-10-31-60(5)13-12-33(61(6,22-66)30(60)11-14-62(31,7)63(25,8)18-32(64)69)90-57-50(95-55-43(79)38(74)37(73)29(19-65)89-55)47(45(81)48(93-57)51(82)83)92-53-42(78)36(72)28(68)21-86-53/h9,22-24,26-50,52-57,65,67-81H,10-21H2,1-8H3,(H,82,83)/p-1/t23-,24+,26+,27-,28-,29-,30-,31-,32-,33+,34+,35+,36+,37+,38+,39+,40+,41-,42-,43-,44-,45+,46+,47+,48+,49-,50-,52+,53+,54+,55+,56+,57-,60+,61+,62-,63-,64-/m1/s1. The molecule has 0 spiro atoms. The summed E-state index contributed by atoms with van der Waals surface area (Å²) >= 11 is 0. The number of carbonyl (C=O) groups excluding carboxylic acids is 3. The van der Waals surface area contributed by atoms with Crippen LogP contribution in [0.25, 0.3) is 0 Å². The van der Waals surface area contributed by atoms with E-state index in [0.29, 0.717) is 38.5 Å². The maximum Gasteiger partial charge on any atom is 0.317 e. The number of ether oxygens (including phenoxy) is 12. The van der Waals surface area contributed by atoms with Gasteiger partial charge in [0, 0.05) is 0 Å². The van der Waals surface area contributed by atoms with Crippen LogP contribution in [0.2, 0.25) is 0 Å². The molecule has 0 amide bonds. The highest BCUT2D eigenvalue weighted by molar-refractivity contribution is 5.80. The zero-order valence-corrected chi connectivity index (χ0v) is 54.9. The van der Waals surface area contributed by atoms with E-state index in [1.54, 1.807) is 6.92 Å². The van der Waals surface area contributed by atoms with E-state index >= 15 is 4.79 Å². The number of fused-ring (bicyclic) bond motifs is 7. The van der Waals surface area contributed by atoms with Gasteiger partial charge in [0.25, 0.3) is 0 Å². The van der Waals surface area contributed by atoms with Crippen LogP contribution in [0.15, 0.2) is 11.6 Å². The Bertz CT molecular complexity index is 2800. The molecule has 16 N–H and O–H groups in total. The minimum Gasteiger partial charge on any atom is -0.547 e. The van der Waals surface area contributed by atoms with Crippen molar-refractivity contribution in [2.45, 2.75) is 297 Å². The second-order valence-electron chi connectivity index (χ2n) is 30.7. The van der Waals surface area contributed by atoms with Gasteiger partial charge in [-0.05, 0) is 111 Å². The van der Waals surface area contributed by atoms with Crippen LogP contribution in [0.4, 0.5) is 0 Å². The molecule has 38 atom stereocenters. The van der Waals surface area contributed by atoms with E-state index in [9.17, 15) is 96.4 Å². The van der Waals surface area contributed by atoms with Crippen molar-refractivity contribution in [3.05, 3.63) is 11.6 Å². The summed E-state index contributed by atoms with van der Waals surface area (Å²) in [6.07, 6.45) is -46.8. The average Bonchev–Trinajstić information content (AvgIpc) is 0.672. The van der Waals surface area contributed by atoms with Crippen molar-refractivity contribution in [2.24, 2.45) is 50.2 Å². The number of carboxylic acids is 1. The van der Waals surface area contributed by atoms with Gasteiger partial charge in [0.05, 0.1) is 55.6 Å². The number of esters is 1. The van der Waals surface area contributed by atoms with E-state index in [0.717, 1.165) is 11.9 Å². The lowest BCUT2D eigenvalue weighted by atomic mass is 9.33.